The minimum Gasteiger partial charge on any atom is -0.486 e. The molecule has 6 heteroatoms. The first-order valence-electron chi connectivity index (χ1n) is 12.7. The van der Waals surface area contributed by atoms with Crippen molar-refractivity contribution in [2.24, 2.45) is 0 Å². The van der Waals surface area contributed by atoms with Crippen molar-refractivity contribution < 1.29 is 19.0 Å². The zero-order valence-corrected chi connectivity index (χ0v) is 21.2. The van der Waals surface area contributed by atoms with Crippen LogP contribution in [0.1, 0.15) is 24.9 Å². The predicted octanol–water partition coefficient (Wildman–Crippen LogP) is 6.03. The van der Waals surface area contributed by atoms with Crippen molar-refractivity contribution in [2.45, 2.75) is 25.5 Å². The molecule has 0 spiro atoms. The summed E-state index contributed by atoms with van der Waals surface area (Å²) in [5.41, 5.74) is 3.39. The fourth-order valence-corrected chi connectivity index (χ4v) is 4.82. The lowest BCUT2D eigenvalue weighted by molar-refractivity contribution is -0.142. The molecule has 2 atom stereocenters. The van der Waals surface area contributed by atoms with Gasteiger partial charge in [-0.2, -0.15) is 0 Å². The highest BCUT2D eigenvalue weighted by molar-refractivity contribution is 5.86. The van der Waals surface area contributed by atoms with Crippen molar-refractivity contribution in [1.82, 2.24) is 5.32 Å². The van der Waals surface area contributed by atoms with Crippen LogP contribution in [-0.4, -0.2) is 38.9 Å². The van der Waals surface area contributed by atoms with Crippen LogP contribution in [0.15, 0.2) is 91.0 Å². The Hall–Kier alpha value is -4.03. The van der Waals surface area contributed by atoms with Gasteiger partial charge in [-0.25, -0.2) is 4.79 Å². The molecule has 37 heavy (non-hydrogen) atoms. The second-order valence-electron chi connectivity index (χ2n) is 9.21. The van der Waals surface area contributed by atoms with Gasteiger partial charge in [0.2, 0.25) is 0 Å². The first kappa shape index (κ1) is 24.7. The molecular weight excluding hydrogens is 464 g/mol. The van der Waals surface area contributed by atoms with Gasteiger partial charge in [0.1, 0.15) is 17.6 Å². The van der Waals surface area contributed by atoms with E-state index in [4.69, 9.17) is 9.47 Å². The molecule has 5 rings (SSSR count). The Labute approximate surface area is 217 Å². The van der Waals surface area contributed by atoms with Crippen LogP contribution in [0.2, 0.25) is 0 Å². The molecular formula is C31H32N2O4. The summed E-state index contributed by atoms with van der Waals surface area (Å²) in [6.45, 7) is 3.69. The van der Waals surface area contributed by atoms with Crippen LogP contribution in [0.25, 0.3) is 10.8 Å². The van der Waals surface area contributed by atoms with Crippen LogP contribution in [0.5, 0.6) is 11.5 Å². The molecule has 0 amide bonds. The Kier molecular flexibility index (Phi) is 7.57. The maximum Gasteiger partial charge on any atom is 0.343 e. The fourth-order valence-electron chi connectivity index (χ4n) is 4.82. The average Bonchev–Trinajstić information content (AvgIpc) is 2.95. The zero-order valence-electron chi connectivity index (χ0n) is 21.2. The molecule has 0 radical (unpaired) electrons. The molecule has 1 aliphatic heterocycles. The Morgan fingerprint density at radius 2 is 1.76 bits per heavy atom. The van der Waals surface area contributed by atoms with Gasteiger partial charge in [0.05, 0.1) is 19.3 Å². The number of anilines is 2. The Balaban J connectivity index is 1.24. The SMILES string of the molecule is COC(=O)COc1ccc(N2CC(CCN[C@H](C)c3cccc4ccccc34)Oc3ccccc32)cc1. The average molecular weight is 497 g/mol. The summed E-state index contributed by atoms with van der Waals surface area (Å²) in [6, 6.07) is 31.1. The van der Waals surface area contributed by atoms with E-state index in [0.29, 0.717) is 5.75 Å². The molecule has 0 aliphatic carbocycles. The third-order valence-electron chi connectivity index (χ3n) is 6.78. The number of esters is 1. The number of hydrogen-bond donors (Lipinski definition) is 1. The molecule has 4 aromatic rings. The molecule has 6 nitrogen and oxygen atoms in total. The number of fused-ring (bicyclic) bond motifs is 2. The summed E-state index contributed by atoms with van der Waals surface area (Å²) < 4.78 is 16.5. The number of carbonyl (C=O) groups excluding carboxylic acids is 1. The Morgan fingerprint density at radius 1 is 1.00 bits per heavy atom. The second kappa shape index (κ2) is 11.4. The maximum absolute atomic E-state index is 11.4. The maximum atomic E-state index is 11.4. The normalized spacial score (nSPS) is 15.5. The summed E-state index contributed by atoms with van der Waals surface area (Å²) in [6.07, 6.45) is 0.914. The first-order chi connectivity index (χ1) is 18.1. The number of ether oxygens (including phenoxy) is 3. The van der Waals surface area contributed by atoms with Crippen LogP contribution < -0.4 is 19.7 Å². The standard InChI is InChI=1S/C31H32N2O4/c1-22(27-11-7-9-23-8-3-4-10-28(23)27)32-19-18-26-20-33(29-12-5-6-13-30(29)37-26)24-14-16-25(17-15-24)36-21-31(34)35-2/h3-17,22,26,32H,18-21H2,1-2H3/t22-,26?/m1/s1. The van der Waals surface area contributed by atoms with E-state index in [2.05, 4.69) is 70.4 Å². The molecule has 0 fully saturated rings. The van der Waals surface area contributed by atoms with Crippen molar-refractivity contribution in [3.63, 3.8) is 0 Å². The largest absolute Gasteiger partial charge is 0.486 e. The Morgan fingerprint density at radius 3 is 2.59 bits per heavy atom. The molecule has 1 heterocycles. The van der Waals surface area contributed by atoms with Crippen molar-refractivity contribution in [3.8, 4) is 11.5 Å². The van der Waals surface area contributed by atoms with Crippen LogP contribution >= 0.6 is 0 Å². The van der Waals surface area contributed by atoms with Crippen molar-refractivity contribution in [1.29, 1.82) is 0 Å². The summed E-state index contributed by atoms with van der Waals surface area (Å²) in [4.78, 5) is 13.6. The molecule has 0 aromatic heterocycles. The third kappa shape index (κ3) is 5.70. The van der Waals surface area contributed by atoms with Gasteiger partial charge in [-0.15, -0.1) is 0 Å². The minimum atomic E-state index is -0.405. The van der Waals surface area contributed by atoms with Gasteiger partial charge in [-0.1, -0.05) is 54.6 Å². The second-order valence-corrected chi connectivity index (χ2v) is 9.21. The van der Waals surface area contributed by atoms with Gasteiger partial charge in [-0.05, 0) is 72.6 Å². The van der Waals surface area contributed by atoms with Gasteiger partial charge >= 0.3 is 5.97 Å². The highest BCUT2D eigenvalue weighted by Gasteiger charge is 2.26. The smallest absolute Gasteiger partial charge is 0.343 e. The van der Waals surface area contributed by atoms with Crippen molar-refractivity contribution in [3.05, 3.63) is 96.6 Å². The summed E-state index contributed by atoms with van der Waals surface area (Å²) in [5, 5.41) is 6.25. The van der Waals surface area contributed by atoms with E-state index in [1.807, 2.05) is 42.5 Å². The van der Waals surface area contributed by atoms with Crippen LogP contribution in [0.4, 0.5) is 11.4 Å². The number of nitrogens with zero attached hydrogens (tertiary/aromatic N) is 1. The number of rotatable bonds is 9. The van der Waals surface area contributed by atoms with Gasteiger partial charge in [0, 0.05) is 11.7 Å². The molecule has 0 saturated heterocycles. The number of benzene rings is 4. The lowest BCUT2D eigenvalue weighted by Gasteiger charge is -2.36. The van der Waals surface area contributed by atoms with Crippen molar-refractivity contribution >= 4 is 28.1 Å². The number of hydrogen-bond acceptors (Lipinski definition) is 6. The molecule has 0 saturated carbocycles. The molecule has 190 valence electrons. The summed E-state index contributed by atoms with van der Waals surface area (Å²) in [5.74, 6) is 1.10. The lowest BCUT2D eigenvalue weighted by Crippen LogP contribution is -2.39. The first-order valence-corrected chi connectivity index (χ1v) is 12.7. The molecule has 1 unspecified atom stereocenters. The number of nitrogens with one attached hydrogen (secondary N) is 1. The summed E-state index contributed by atoms with van der Waals surface area (Å²) >= 11 is 0. The topological polar surface area (TPSA) is 60.0 Å². The molecule has 1 aliphatic rings. The number of para-hydroxylation sites is 2. The van der Waals surface area contributed by atoms with E-state index in [-0.39, 0.29) is 18.8 Å². The van der Waals surface area contributed by atoms with Gasteiger partial charge < -0.3 is 24.4 Å². The van der Waals surface area contributed by atoms with E-state index in [1.165, 1.54) is 23.4 Å². The van der Waals surface area contributed by atoms with Gasteiger partial charge in [0.25, 0.3) is 0 Å². The van der Waals surface area contributed by atoms with E-state index >= 15 is 0 Å². The molecule has 1 N–H and O–H groups in total. The highest BCUT2D eigenvalue weighted by Crippen LogP contribution is 2.39. The zero-order chi connectivity index (χ0) is 25.6. The third-order valence-corrected chi connectivity index (χ3v) is 6.78. The van der Waals surface area contributed by atoms with Crippen molar-refractivity contribution in [2.75, 3.05) is 31.7 Å². The fraction of sp³-hybridized carbons (Fsp3) is 0.258. The number of methoxy groups -OCH3 is 1. The van der Waals surface area contributed by atoms with Gasteiger partial charge in [-0.3, -0.25) is 0 Å². The predicted molar refractivity (Wildman–Crippen MR) is 147 cm³/mol. The highest BCUT2D eigenvalue weighted by atomic mass is 16.6. The quantitative estimate of drug-likeness (QED) is 0.286. The summed E-state index contributed by atoms with van der Waals surface area (Å²) in [7, 11) is 1.35. The van der Waals surface area contributed by atoms with E-state index in [0.717, 1.165) is 36.6 Å². The number of carbonyl (C=O) groups is 1. The van der Waals surface area contributed by atoms with E-state index in [1.54, 1.807) is 0 Å². The Bertz CT molecular complexity index is 1350. The van der Waals surface area contributed by atoms with Gasteiger partial charge in [0.15, 0.2) is 6.61 Å². The lowest BCUT2D eigenvalue weighted by atomic mass is 9.99. The van der Waals surface area contributed by atoms with Crippen LogP contribution in [0, 0.1) is 0 Å². The minimum absolute atomic E-state index is 0.0392. The van der Waals surface area contributed by atoms with E-state index in [9.17, 15) is 4.79 Å². The monoisotopic (exact) mass is 496 g/mol. The van der Waals surface area contributed by atoms with E-state index < -0.39 is 5.97 Å². The van der Waals surface area contributed by atoms with Crippen LogP contribution in [0.3, 0.4) is 0 Å². The van der Waals surface area contributed by atoms with Crippen LogP contribution in [-0.2, 0) is 9.53 Å². The molecule has 0 bridgehead atoms. The molecule has 4 aromatic carbocycles.